The molecular formula is C18H21N3O2. The molecule has 1 aliphatic heterocycles. The van der Waals surface area contributed by atoms with Crippen LogP contribution in [0.2, 0.25) is 0 Å². The molecule has 120 valence electrons. The van der Waals surface area contributed by atoms with Crippen molar-refractivity contribution in [3.8, 4) is 5.69 Å². The molecule has 2 aliphatic rings. The van der Waals surface area contributed by atoms with Crippen molar-refractivity contribution < 1.29 is 9.90 Å². The van der Waals surface area contributed by atoms with Gasteiger partial charge in [-0.05, 0) is 37.0 Å². The molecule has 2 heterocycles. The van der Waals surface area contributed by atoms with E-state index in [-0.39, 0.29) is 0 Å². The molecule has 2 aromatic rings. The Hall–Kier alpha value is -2.14. The molecule has 0 unspecified atom stereocenters. The highest BCUT2D eigenvalue weighted by Crippen LogP contribution is 2.49. The van der Waals surface area contributed by atoms with Crippen LogP contribution in [0.1, 0.15) is 25.0 Å². The summed E-state index contributed by atoms with van der Waals surface area (Å²) in [7, 11) is 0. The third-order valence-corrected chi connectivity index (χ3v) is 5.42. The fourth-order valence-electron chi connectivity index (χ4n) is 4.26. The molecule has 0 radical (unpaired) electrons. The van der Waals surface area contributed by atoms with Gasteiger partial charge in [0, 0.05) is 25.8 Å². The number of rotatable bonds is 4. The molecule has 2 atom stereocenters. The number of aliphatic carboxylic acids is 1. The Balaban J connectivity index is 1.48. The second-order valence-electron chi connectivity index (χ2n) is 6.81. The normalized spacial score (nSPS) is 27.2. The van der Waals surface area contributed by atoms with E-state index in [9.17, 15) is 9.90 Å². The van der Waals surface area contributed by atoms with E-state index in [0.717, 1.165) is 43.7 Å². The average molecular weight is 311 g/mol. The van der Waals surface area contributed by atoms with E-state index in [1.807, 2.05) is 47.3 Å². The second-order valence-corrected chi connectivity index (χ2v) is 6.81. The Labute approximate surface area is 135 Å². The minimum absolute atomic E-state index is 0.302. The number of carboxylic acid groups (broad SMARTS) is 1. The van der Waals surface area contributed by atoms with Crippen LogP contribution in [0.3, 0.4) is 0 Å². The zero-order valence-corrected chi connectivity index (χ0v) is 13.1. The van der Waals surface area contributed by atoms with E-state index in [0.29, 0.717) is 12.5 Å². The van der Waals surface area contributed by atoms with Gasteiger partial charge in [-0.25, -0.2) is 4.68 Å². The van der Waals surface area contributed by atoms with Crippen LogP contribution in [0.15, 0.2) is 42.6 Å². The summed E-state index contributed by atoms with van der Waals surface area (Å²) in [6.07, 6.45) is 4.88. The van der Waals surface area contributed by atoms with Crippen molar-refractivity contribution in [1.29, 1.82) is 0 Å². The minimum Gasteiger partial charge on any atom is -0.481 e. The molecular weight excluding hydrogens is 290 g/mol. The molecule has 1 aromatic heterocycles. The van der Waals surface area contributed by atoms with Crippen molar-refractivity contribution in [3.05, 3.63) is 48.3 Å². The maximum atomic E-state index is 11.7. The molecule has 1 saturated heterocycles. The van der Waals surface area contributed by atoms with Crippen molar-refractivity contribution in [3.63, 3.8) is 0 Å². The smallest absolute Gasteiger partial charge is 0.311 e. The summed E-state index contributed by atoms with van der Waals surface area (Å²) in [4.78, 5) is 14.0. The lowest BCUT2D eigenvalue weighted by atomic mass is 9.81. The highest BCUT2D eigenvalue weighted by atomic mass is 16.4. The fourth-order valence-corrected chi connectivity index (χ4v) is 4.26. The predicted octanol–water partition coefficient (Wildman–Crippen LogP) is 2.56. The van der Waals surface area contributed by atoms with Crippen LogP contribution in [0.4, 0.5) is 0 Å². The van der Waals surface area contributed by atoms with Crippen LogP contribution in [0.5, 0.6) is 0 Å². The van der Waals surface area contributed by atoms with Crippen molar-refractivity contribution in [2.45, 2.75) is 25.8 Å². The van der Waals surface area contributed by atoms with E-state index >= 15 is 0 Å². The lowest BCUT2D eigenvalue weighted by Gasteiger charge is -2.23. The SMILES string of the molecule is O=C(O)[C@@]12CCC[C@H]1CN(Cc1ccn(-c3ccccc3)n1)C2. The third-order valence-electron chi connectivity index (χ3n) is 5.42. The van der Waals surface area contributed by atoms with Crippen LogP contribution in [-0.4, -0.2) is 38.8 Å². The van der Waals surface area contributed by atoms with Gasteiger partial charge < -0.3 is 5.11 Å². The minimum atomic E-state index is -0.614. The van der Waals surface area contributed by atoms with Gasteiger partial charge >= 0.3 is 5.97 Å². The maximum Gasteiger partial charge on any atom is 0.311 e. The first kappa shape index (κ1) is 14.5. The van der Waals surface area contributed by atoms with Gasteiger partial charge in [-0.1, -0.05) is 24.6 Å². The van der Waals surface area contributed by atoms with Crippen LogP contribution in [0.25, 0.3) is 5.69 Å². The zero-order chi connectivity index (χ0) is 15.9. The van der Waals surface area contributed by atoms with Crippen molar-refractivity contribution in [2.75, 3.05) is 13.1 Å². The van der Waals surface area contributed by atoms with Crippen LogP contribution in [-0.2, 0) is 11.3 Å². The van der Waals surface area contributed by atoms with E-state index in [2.05, 4.69) is 10.00 Å². The number of aromatic nitrogens is 2. The Morgan fingerprint density at radius 2 is 2.13 bits per heavy atom. The summed E-state index contributed by atoms with van der Waals surface area (Å²) in [6.45, 7) is 2.26. The van der Waals surface area contributed by atoms with E-state index < -0.39 is 11.4 Å². The molecule has 5 nitrogen and oxygen atoms in total. The molecule has 5 heteroatoms. The summed E-state index contributed by atoms with van der Waals surface area (Å²) in [5, 5.41) is 14.3. The van der Waals surface area contributed by atoms with Gasteiger partial charge in [0.25, 0.3) is 0 Å². The first-order chi connectivity index (χ1) is 11.2. The molecule has 1 aromatic carbocycles. The summed E-state index contributed by atoms with van der Waals surface area (Å²) in [5.41, 5.74) is 1.52. The highest BCUT2D eigenvalue weighted by Gasteiger charge is 2.54. The molecule has 0 spiro atoms. The Kier molecular flexibility index (Phi) is 3.45. The van der Waals surface area contributed by atoms with Crippen molar-refractivity contribution >= 4 is 5.97 Å². The number of carboxylic acids is 1. The van der Waals surface area contributed by atoms with Gasteiger partial charge in [0.1, 0.15) is 0 Å². The van der Waals surface area contributed by atoms with E-state index in [4.69, 9.17) is 0 Å². The zero-order valence-electron chi connectivity index (χ0n) is 13.1. The van der Waals surface area contributed by atoms with Crippen molar-refractivity contribution in [2.24, 2.45) is 11.3 Å². The summed E-state index contributed by atoms with van der Waals surface area (Å²) < 4.78 is 1.87. The summed E-state index contributed by atoms with van der Waals surface area (Å²) in [5.74, 6) is -0.312. The van der Waals surface area contributed by atoms with Crippen LogP contribution in [0, 0.1) is 11.3 Å². The third kappa shape index (κ3) is 2.45. The molecule has 0 amide bonds. The molecule has 1 N–H and O–H groups in total. The van der Waals surface area contributed by atoms with Gasteiger partial charge in [0.15, 0.2) is 0 Å². The Bertz CT molecular complexity index is 712. The van der Waals surface area contributed by atoms with Gasteiger partial charge in [0.05, 0.1) is 16.8 Å². The number of hydrogen-bond donors (Lipinski definition) is 1. The lowest BCUT2D eigenvalue weighted by molar-refractivity contribution is -0.149. The van der Waals surface area contributed by atoms with Gasteiger partial charge in [-0.15, -0.1) is 0 Å². The predicted molar refractivity (Wildman–Crippen MR) is 86.3 cm³/mol. The Morgan fingerprint density at radius 3 is 2.87 bits per heavy atom. The number of fused-ring (bicyclic) bond motifs is 1. The van der Waals surface area contributed by atoms with E-state index in [1.165, 1.54) is 0 Å². The number of benzene rings is 1. The summed E-state index contributed by atoms with van der Waals surface area (Å²) >= 11 is 0. The number of likely N-dealkylation sites (tertiary alicyclic amines) is 1. The van der Waals surface area contributed by atoms with Gasteiger partial charge in [-0.2, -0.15) is 5.10 Å². The highest BCUT2D eigenvalue weighted by molar-refractivity contribution is 5.76. The second kappa shape index (κ2) is 5.49. The molecule has 1 saturated carbocycles. The molecule has 1 aliphatic carbocycles. The largest absolute Gasteiger partial charge is 0.481 e. The topological polar surface area (TPSA) is 58.4 Å². The van der Waals surface area contributed by atoms with E-state index in [1.54, 1.807) is 0 Å². The molecule has 4 rings (SSSR count). The fraction of sp³-hybridized carbons (Fsp3) is 0.444. The molecule has 23 heavy (non-hydrogen) atoms. The number of para-hydroxylation sites is 1. The lowest BCUT2D eigenvalue weighted by Crippen LogP contribution is -2.35. The monoisotopic (exact) mass is 311 g/mol. The standard InChI is InChI=1S/C18H21N3O2/c22-17(23)18-9-4-5-14(18)11-20(13-18)12-15-8-10-21(19-15)16-6-2-1-3-7-16/h1-3,6-8,10,14H,4-5,9,11-13H2,(H,22,23)/t14-,18+/m0/s1. The van der Waals surface area contributed by atoms with Crippen molar-refractivity contribution in [1.82, 2.24) is 14.7 Å². The number of hydrogen-bond acceptors (Lipinski definition) is 3. The number of nitrogens with zero attached hydrogens (tertiary/aromatic N) is 3. The Morgan fingerprint density at radius 1 is 1.30 bits per heavy atom. The van der Waals surface area contributed by atoms with Crippen LogP contribution >= 0.6 is 0 Å². The van der Waals surface area contributed by atoms with Gasteiger partial charge in [0.2, 0.25) is 0 Å². The van der Waals surface area contributed by atoms with Crippen LogP contribution < -0.4 is 0 Å². The van der Waals surface area contributed by atoms with Gasteiger partial charge in [-0.3, -0.25) is 9.69 Å². The number of carbonyl (C=O) groups is 1. The molecule has 2 fully saturated rings. The summed E-state index contributed by atoms with van der Waals surface area (Å²) in [6, 6.07) is 12.0. The quantitative estimate of drug-likeness (QED) is 0.943. The first-order valence-electron chi connectivity index (χ1n) is 8.23. The molecule has 0 bridgehead atoms. The average Bonchev–Trinajstić information content (AvgIpc) is 3.22. The maximum absolute atomic E-state index is 11.7. The first-order valence-corrected chi connectivity index (χ1v) is 8.23.